The number of likely N-dealkylation sites (N-methyl/N-ethyl adjacent to an activating group) is 1. The van der Waals surface area contributed by atoms with E-state index in [0.717, 1.165) is 50.4 Å². The molecule has 304 valence electrons. The van der Waals surface area contributed by atoms with Crippen LogP contribution >= 0.6 is 0 Å². The van der Waals surface area contributed by atoms with Crippen LogP contribution in [0.1, 0.15) is 62.9 Å². The number of hydrogen-bond acceptors (Lipinski definition) is 5. The fourth-order valence-corrected chi connectivity index (χ4v) is 7.88. The highest BCUT2D eigenvalue weighted by atomic mass is 19.4. The van der Waals surface area contributed by atoms with Gasteiger partial charge in [0.1, 0.15) is 17.4 Å². The first-order valence-corrected chi connectivity index (χ1v) is 18.9. The predicted octanol–water partition coefficient (Wildman–Crippen LogP) is 8.49. The number of halogens is 8. The molecule has 3 saturated heterocycles. The molecule has 0 saturated carbocycles. The van der Waals surface area contributed by atoms with Crippen LogP contribution < -0.4 is 0 Å². The topological polar surface area (TPSA) is 47.1 Å². The summed E-state index contributed by atoms with van der Waals surface area (Å²) in [5.74, 6) is -1.74. The molecule has 4 aromatic rings. The van der Waals surface area contributed by atoms with E-state index in [1.54, 1.807) is 24.3 Å². The molecule has 7 rings (SSSR count). The van der Waals surface area contributed by atoms with Crippen LogP contribution in [0.2, 0.25) is 0 Å². The number of piperazine rings is 1. The first kappa shape index (κ1) is 42.0. The minimum absolute atomic E-state index is 0.000423. The van der Waals surface area contributed by atoms with E-state index in [1.807, 2.05) is 25.2 Å². The molecule has 57 heavy (non-hydrogen) atoms. The van der Waals surface area contributed by atoms with Crippen molar-refractivity contribution in [2.24, 2.45) is 0 Å². The van der Waals surface area contributed by atoms with E-state index in [2.05, 4.69) is 26.8 Å². The Bertz CT molecular complexity index is 1930. The average molecular weight is 801 g/mol. The van der Waals surface area contributed by atoms with Crippen LogP contribution in [0.15, 0.2) is 97.1 Å². The molecule has 0 bridgehead atoms. The van der Waals surface area contributed by atoms with Gasteiger partial charge in [-0.3, -0.25) is 19.4 Å². The fourth-order valence-electron chi connectivity index (χ4n) is 7.88. The largest absolute Gasteiger partial charge is 0.416 e. The number of piperidine rings is 2. The van der Waals surface area contributed by atoms with E-state index in [4.69, 9.17) is 0 Å². The summed E-state index contributed by atoms with van der Waals surface area (Å²) in [6.07, 6.45) is -9.03. The summed E-state index contributed by atoms with van der Waals surface area (Å²) < 4.78 is 106. The zero-order chi connectivity index (χ0) is 40.9. The Kier molecular flexibility index (Phi) is 13.2. The van der Waals surface area contributed by atoms with E-state index in [9.17, 15) is 44.7 Å². The highest BCUT2D eigenvalue weighted by Gasteiger charge is 2.40. The third-order valence-electron chi connectivity index (χ3n) is 11.0. The second kappa shape index (κ2) is 17.9. The lowest BCUT2D eigenvalue weighted by molar-refractivity contribution is -0.143. The van der Waals surface area contributed by atoms with Gasteiger partial charge >= 0.3 is 12.4 Å². The van der Waals surface area contributed by atoms with Crippen LogP contribution in [-0.2, 0) is 23.7 Å². The van der Waals surface area contributed by atoms with Crippen molar-refractivity contribution in [1.82, 2.24) is 19.6 Å². The van der Waals surface area contributed by atoms with Crippen molar-refractivity contribution in [3.05, 3.63) is 142 Å². The highest BCUT2D eigenvalue weighted by molar-refractivity contribution is 5.95. The number of benzene rings is 4. The van der Waals surface area contributed by atoms with E-state index >= 15 is 0 Å². The zero-order valence-electron chi connectivity index (χ0n) is 31.4. The summed E-state index contributed by atoms with van der Waals surface area (Å²) >= 11 is 0. The Morgan fingerprint density at radius 3 is 1.81 bits per heavy atom. The summed E-state index contributed by atoms with van der Waals surface area (Å²) in [6.45, 7) is 5.91. The molecule has 0 N–H and O–H groups in total. The number of carbonyl (C=O) groups excluding carboxylic acids is 2. The monoisotopic (exact) mass is 800 g/mol. The second-order valence-electron chi connectivity index (χ2n) is 14.9. The van der Waals surface area contributed by atoms with Crippen molar-refractivity contribution in [1.29, 1.82) is 0 Å². The summed E-state index contributed by atoms with van der Waals surface area (Å²) in [6, 6.07) is 23.4. The number of likely N-dealkylation sites (tertiary alicyclic amines) is 2. The third-order valence-corrected chi connectivity index (χ3v) is 11.0. The number of rotatable bonds is 6. The molecule has 14 heteroatoms. The Balaban J connectivity index is 0.000000221. The second-order valence-corrected chi connectivity index (χ2v) is 14.9. The Morgan fingerprint density at radius 1 is 0.684 bits per heavy atom. The average Bonchev–Trinajstić information content (AvgIpc) is 3.19. The smallest absolute Gasteiger partial charge is 0.338 e. The summed E-state index contributed by atoms with van der Waals surface area (Å²) in [7, 11) is 2.01. The molecule has 1 unspecified atom stereocenters. The lowest BCUT2D eigenvalue weighted by Gasteiger charge is -2.46. The van der Waals surface area contributed by atoms with Crippen molar-refractivity contribution in [2.75, 3.05) is 59.4 Å². The molecule has 3 heterocycles. The summed E-state index contributed by atoms with van der Waals surface area (Å²) in [4.78, 5) is 33.5. The lowest BCUT2D eigenvalue weighted by Crippen LogP contribution is -2.56. The third kappa shape index (κ3) is 10.8. The molecule has 4 aromatic carbocycles. The highest BCUT2D eigenvalue weighted by Crippen LogP contribution is 2.38. The summed E-state index contributed by atoms with van der Waals surface area (Å²) in [5.41, 5.74) is -0.777. The standard InChI is InChI=1S/C25H26F7N3O.C18H18FNO/c1-33-8-10-34(11-9-33)22-6-7-35(15-21(22)16-2-4-20(26)5-3-16)23(36)17-12-18(24(27,28)29)14-19(13-17)25(30,31)32;19-16-8-6-15(7-9-16)17-13-20(11-10-18(17)21)12-14-4-2-1-3-5-14/h2-5,12-14,21-22H,6-11,15H2,1H3;1-9,17H,10-13H2/t21-,22-;/m0./s1. The number of amides is 1. The first-order chi connectivity index (χ1) is 27.0. The Hall–Kier alpha value is -4.66. The molecule has 0 radical (unpaired) electrons. The molecular formula is C43H44F8N4O2. The number of alkyl halides is 6. The van der Waals surface area contributed by atoms with Gasteiger partial charge in [-0.2, -0.15) is 26.3 Å². The molecule has 3 atom stereocenters. The number of hydrogen-bond donors (Lipinski definition) is 0. The van der Waals surface area contributed by atoms with Crippen LogP contribution in [-0.4, -0.2) is 96.7 Å². The normalized spacial score (nSPS) is 21.5. The van der Waals surface area contributed by atoms with Crippen LogP contribution in [0.25, 0.3) is 0 Å². The van der Waals surface area contributed by atoms with Crippen molar-refractivity contribution < 1.29 is 44.7 Å². The lowest BCUT2D eigenvalue weighted by atomic mass is 9.84. The van der Waals surface area contributed by atoms with Crippen molar-refractivity contribution >= 4 is 11.7 Å². The molecule has 6 nitrogen and oxygen atoms in total. The molecule has 3 aliphatic rings. The first-order valence-electron chi connectivity index (χ1n) is 18.9. The molecule has 1 amide bonds. The van der Waals surface area contributed by atoms with Gasteiger partial charge in [-0.1, -0.05) is 54.6 Å². The number of Topliss-reactive ketones (excluding diaryl/α,β-unsaturated/α-hetero) is 1. The van der Waals surface area contributed by atoms with Crippen molar-refractivity contribution in [3.8, 4) is 0 Å². The molecular weight excluding hydrogens is 756 g/mol. The Labute approximate surface area is 326 Å². The number of ketones is 1. The quantitative estimate of drug-likeness (QED) is 0.183. The molecule has 0 aromatic heterocycles. The van der Waals surface area contributed by atoms with Gasteiger partial charge in [0.25, 0.3) is 5.91 Å². The van der Waals surface area contributed by atoms with E-state index in [0.29, 0.717) is 31.5 Å². The van der Waals surface area contributed by atoms with Gasteiger partial charge in [0.2, 0.25) is 0 Å². The van der Waals surface area contributed by atoms with Gasteiger partial charge in [-0.25, -0.2) is 8.78 Å². The minimum atomic E-state index is -5.04. The maximum atomic E-state index is 13.6. The van der Waals surface area contributed by atoms with E-state index in [-0.39, 0.29) is 48.6 Å². The maximum Gasteiger partial charge on any atom is 0.416 e. The molecule has 0 spiro atoms. The van der Waals surface area contributed by atoms with Gasteiger partial charge in [-0.15, -0.1) is 0 Å². The zero-order valence-corrected chi connectivity index (χ0v) is 31.4. The summed E-state index contributed by atoms with van der Waals surface area (Å²) in [5, 5.41) is 0. The molecule has 0 aliphatic carbocycles. The van der Waals surface area contributed by atoms with Crippen molar-refractivity contribution in [3.63, 3.8) is 0 Å². The SMILES string of the molecule is CN1CCN([C@H]2CCN(C(=O)c3cc(C(F)(F)F)cc(C(F)(F)F)c3)C[C@H]2c2ccc(F)cc2)CC1.O=C1CCN(Cc2ccccc2)CC1c1ccc(F)cc1. The van der Waals surface area contributed by atoms with Gasteiger partial charge in [0, 0.05) is 82.8 Å². The number of carbonyl (C=O) groups is 2. The van der Waals surface area contributed by atoms with Crippen LogP contribution in [0.3, 0.4) is 0 Å². The predicted molar refractivity (Wildman–Crippen MR) is 199 cm³/mol. The van der Waals surface area contributed by atoms with Gasteiger partial charge in [0.15, 0.2) is 0 Å². The minimum Gasteiger partial charge on any atom is -0.338 e. The van der Waals surface area contributed by atoms with Crippen LogP contribution in [0.5, 0.6) is 0 Å². The Morgan fingerprint density at radius 2 is 1.25 bits per heavy atom. The van der Waals surface area contributed by atoms with Gasteiger partial charge in [-0.05, 0) is 72.6 Å². The van der Waals surface area contributed by atoms with Crippen molar-refractivity contribution in [2.45, 2.75) is 49.6 Å². The molecule has 3 fully saturated rings. The van der Waals surface area contributed by atoms with E-state index < -0.39 is 40.8 Å². The molecule has 3 aliphatic heterocycles. The fraction of sp³-hybridized carbons (Fsp3) is 0.395. The van der Waals surface area contributed by atoms with E-state index in [1.165, 1.54) is 34.7 Å². The van der Waals surface area contributed by atoms with Crippen LogP contribution in [0, 0.1) is 11.6 Å². The van der Waals surface area contributed by atoms with Gasteiger partial charge in [0.05, 0.1) is 17.0 Å². The van der Waals surface area contributed by atoms with Gasteiger partial charge < -0.3 is 9.80 Å². The van der Waals surface area contributed by atoms with Crippen LogP contribution in [0.4, 0.5) is 35.1 Å². The number of nitrogens with zero attached hydrogens (tertiary/aromatic N) is 4. The maximum absolute atomic E-state index is 13.6.